The minimum absolute atomic E-state index is 0.00593. The maximum absolute atomic E-state index is 9.76. The smallest absolute Gasteiger partial charge is 0.0921 e. The molecule has 2 aromatic carbocycles. The molecule has 20 heavy (non-hydrogen) atoms. The van der Waals surface area contributed by atoms with Crippen molar-refractivity contribution in [2.75, 3.05) is 6.61 Å². The van der Waals surface area contributed by atoms with E-state index < -0.39 is 6.10 Å². The maximum Gasteiger partial charge on any atom is 0.0921 e. The fraction of sp³-hybridized carbons (Fsp3) is 0.294. The van der Waals surface area contributed by atoms with Crippen LogP contribution in [0.5, 0.6) is 0 Å². The molecule has 0 saturated carbocycles. The Bertz CT molecular complexity index is 461. The lowest BCUT2D eigenvalue weighted by Crippen LogP contribution is -2.41. The molecule has 3 N–H and O–H groups in total. The molecule has 0 aliphatic rings. The first-order valence-electron chi connectivity index (χ1n) is 6.87. The summed E-state index contributed by atoms with van der Waals surface area (Å²) in [5.41, 5.74) is 2.27. The van der Waals surface area contributed by atoms with Crippen molar-refractivity contribution in [3.63, 3.8) is 0 Å². The third kappa shape index (κ3) is 3.67. The fourth-order valence-electron chi connectivity index (χ4n) is 2.21. The second-order valence-electron chi connectivity index (χ2n) is 4.96. The monoisotopic (exact) mass is 271 g/mol. The maximum atomic E-state index is 9.76. The van der Waals surface area contributed by atoms with Crippen LogP contribution in [-0.2, 0) is 0 Å². The Balaban J connectivity index is 2.26. The van der Waals surface area contributed by atoms with Gasteiger partial charge in [-0.05, 0) is 18.1 Å². The number of hydrogen-bond donors (Lipinski definition) is 3. The number of aliphatic hydroxyl groups excluding tert-OH is 2. The minimum Gasteiger partial charge on any atom is -0.394 e. The number of aliphatic hydroxyl groups is 2. The van der Waals surface area contributed by atoms with Crippen LogP contribution in [0.15, 0.2) is 60.7 Å². The SMILES string of the molecule is C[C@H](NC(c1ccccc1)c1ccccc1)[C@H](O)CO. The molecular weight excluding hydrogens is 250 g/mol. The molecule has 0 saturated heterocycles. The van der Waals surface area contributed by atoms with Gasteiger partial charge in [0.25, 0.3) is 0 Å². The molecule has 0 aliphatic carbocycles. The Labute approximate surface area is 119 Å². The lowest BCUT2D eigenvalue weighted by atomic mass is 9.97. The van der Waals surface area contributed by atoms with Gasteiger partial charge in [0.05, 0.1) is 18.8 Å². The molecule has 0 unspecified atom stereocenters. The molecule has 3 nitrogen and oxygen atoms in total. The second-order valence-corrected chi connectivity index (χ2v) is 4.96. The van der Waals surface area contributed by atoms with E-state index in [0.717, 1.165) is 11.1 Å². The summed E-state index contributed by atoms with van der Waals surface area (Å²) in [6, 6.07) is 20.0. The summed E-state index contributed by atoms with van der Waals surface area (Å²) in [6.45, 7) is 1.63. The Morgan fingerprint density at radius 3 is 1.75 bits per heavy atom. The Hall–Kier alpha value is -1.68. The highest BCUT2D eigenvalue weighted by Crippen LogP contribution is 2.22. The largest absolute Gasteiger partial charge is 0.394 e. The van der Waals surface area contributed by atoms with E-state index in [9.17, 15) is 5.11 Å². The number of benzene rings is 2. The zero-order chi connectivity index (χ0) is 14.4. The van der Waals surface area contributed by atoms with Crippen LogP contribution >= 0.6 is 0 Å². The van der Waals surface area contributed by atoms with Crippen molar-refractivity contribution < 1.29 is 10.2 Å². The van der Waals surface area contributed by atoms with E-state index in [1.54, 1.807) is 0 Å². The van der Waals surface area contributed by atoms with E-state index in [2.05, 4.69) is 29.6 Å². The van der Waals surface area contributed by atoms with Gasteiger partial charge in [-0.2, -0.15) is 0 Å². The van der Waals surface area contributed by atoms with E-state index in [1.165, 1.54) is 0 Å². The first kappa shape index (κ1) is 14.7. The number of hydrogen-bond acceptors (Lipinski definition) is 3. The Morgan fingerprint density at radius 1 is 0.900 bits per heavy atom. The molecule has 0 radical (unpaired) electrons. The normalized spacial score (nSPS) is 14.2. The van der Waals surface area contributed by atoms with Gasteiger partial charge < -0.3 is 15.5 Å². The van der Waals surface area contributed by atoms with Gasteiger partial charge in [0.1, 0.15) is 0 Å². The molecule has 2 aromatic rings. The van der Waals surface area contributed by atoms with Crippen LogP contribution in [0.25, 0.3) is 0 Å². The van der Waals surface area contributed by atoms with Gasteiger partial charge in [0.2, 0.25) is 0 Å². The van der Waals surface area contributed by atoms with Crippen molar-refractivity contribution >= 4 is 0 Å². The molecule has 0 spiro atoms. The van der Waals surface area contributed by atoms with Crippen LogP contribution in [0.1, 0.15) is 24.1 Å². The van der Waals surface area contributed by atoms with E-state index in [4.69, 9.17) is 5.11 Å². The van der Waals surface area contributed by atoms with Crippen molar-refractivity contribution in [1.82, 2.24) is 5.32 Å². The summed E-state index contributed by atoms with van der Waals surface area (Å²) in [4.78, 5) is 0. The van der Waals surface area contributed by atoms with Gasteiger partial charge in [-0.25, -0.2) is 0 Å². The molecule has 2 atom stereocenters. The first-order valence-corrected chi connectivity index (χ1v) is 6.87. The molecule has 3 heteroatoms. The molecule has 2 rings (SSSR count). The number of nitrogens with one attached hydrogen (secondary N) is 1. The van der Waals surface area contributed by atoms with Gasteiger partial charge in [0, 0.05) is 6.04 Å². The minimum atomic E-state index is -0.773. The van der Waals surface area contributed by atoms with Gasteiger partial charge in [-0.15, -0.1) is 0 Å². The molecule has 0 bridgehead atoms. The molecule has 0 amide bonds. The third-order valence-corrected chi connectivity index (χ3v) is 3.46. The van der Waals surface area contributed by atoms with Crippen molar-refractivity contribution in [2.24, 2.45) is 0 Å². The second kappa shape index (κ2) is 7.20. The summed E-state index contributed by atoms with van der Waals surface area (Å²) < 4.78 is 0. The lowest BCUT2D eigenvalue weighted by molar-refractivity contribution is 0.0657. The summed E-state index contributed by atoms with van der Waals surface area (Å²) in [5, 5.41) is 22.2. The van der Waals surface area contributed by atoms with Gasteiger partial charge >= 0.3 is 0 Å². The zero-order valence-corrected chi connectivity index (χ0v) is 11.6. The lowest BCUT2D eigenvalue weighted by Gasteiger charge is -2.26. The van der Waals surface area contributed by atoms with Gasteiger partial charge in [-0.3, -0.25) is 0 Å². The molecule has 0 aliphatic heterocycles. The molecular formula is C17H21NO2. The van der Waals surface area contributed by atoms with Crippen molar-refractivity contribution in [3.05, 3.63) is 71.8 Å². The van der Waals surface area contributed by atoms with Crippen LogP contribution in [0.4, 0.5) is 0 Å². The number of rotatable bonds is 6. The summed E-state index contributed by atoms with van der Waals surface area (Å²) >= 11 is 0. The highest BCUT2D eigenvalue weighted by molar-refractivity contribution is 5.31. The van der Waals surface area contributed by atoms with Crippen LogP contribution in [0, 0.1) is 0 Å². The Morgan fingerprint density at radius 2 is 1.35 bits per heavy atom. The fourth-order valence-corrected chi connectivity index (χ4v) is 2.21. The molecule has 106 valence electrons. The summed E-state index contributed by atoms with van der Waals surface area (Å²) in [5.74, 6) is 0. The van der Waals surface area contributed by atoms with Gasteiger partial charge in [-0.1, -0.05) is 60.7 Å². The molecule has 0 heterocycles. The molecule has 0 fully saturated rings. The third-order valence-electron chi connectivity index (χ3n) is 3.46. The van der Waals surface area contributed by atoms with E-state index in [0.29, 0.717) is 0 Å². The standard InChI is InChI=1S/C17H21NO2/c1-13(16(20)12-19)18-17(14-8-4-2-5-9-14)15-10-6-3-7-11-15/h2-11,13,16-20H,12H2,1H3/t13-,16+/m0/s1. The van der Waals surface area contributed by atoms with E-state index in [1.807, 2.05) is 43.3 Å². The Kier molecular flexibility index (Phi) is 5.30. The average Bonchev–Trinajstić information content (AvgIpc) is 2.53. The van der Waals surface area contributed by atoms with Crippen molar-refractivity contribution in [1.29, 1.82) is 0 Å². The molecule has 0 aromatic heterocycles. The first-order chi connectivity index (χ1) is 9.72. The summed E-state index contributed by atoms with van der Waals surface area (Å²) in [6.07, 6.45) is -0.773. The van der Waals surface area contributed by atoms with Crippen molar-refractivity contribution in [2.45, 2.75) is 25.1 Å². The highest BCUT2D eigenvalue weighted by atomic mass is 16.3. The highest BCUT2D eigenvalue weighted by Gasteiger charge is 2.20. The van der Waals surface area contributed by atoms with E-state index >= 15 is 0 Å². The van der Waals surface area contributed by atoms with Crippen LogP contribution in [0.2, 0.25) is 0 Å². The zero-order valence-electron chi connectivity index (χ0n) is 11.6. The quantitative estimate of drug-likeness (QED) is 0.754. The topological polar surface area (TPSA) is 52.5 Å². The van der Waals surface area contributed by atoms with Crippen LogP contribution in [-0.4, -0.2) is 29.0 Å². The van der Waals surface area contributed by atoms with Crippen molar-refractivity contribution in [3.8, 4) is 0 Å². The summed E-state index contributed by atoms with van der Waals surface area (Å²) in [7, 11) is 0. The van der Waals surface area contributed by atoms with Crippen LogP contribution in [0.3, 0.4) is 0 Å². The average molecular weight is 271 g/mol. The van der Waals surface area contributed by atoms with E-state index in [-0.39, 0.29) is 18.7 Å². The predicted octanol–water partition coefficient (Wildman–Crippen LogP) is 2.11. The predicted molar refractivity (Wildman–Crippen MR) is 80.4 cm³/mol. The van der Waals surface area contributed by atoms with Gasteiger partial charge in [0.15, 0.2) is 0 Å². The van der Waals surface area contributed by atoms with Crippen LogP contribution < -0.4 is 5.32 Å².